The molecule has 0 aromatic heterocycles. The van der Waals surface area contributed by atoms with E-state index < -0.39 is 0 Å². The van der Waals surface area contributed by atoms with Gasteiger partial charge in [0, 0.05) is 4.90 Å². The van der Waals surface area contributed by atoms with E-state index in [0.717, 1.165) is 10.5 Å². The minimum Gasteiger partial charge on any atom is -0.143 e. The number of thiol groups is 1. The van der Waals surface area contributed by atoms with Crippen molar-refractivity contribution in [2.75, 3.05) is 0 Å². The molecule has 5 aromatic rings. The summed E-state index contributed by atoms with van der Waals surface area (Å²) in [5, 5.41) is 4.86. The molecule has 0 unspecified atom stereocenters. The van der Waals surface area contributed by atoms with Gasteiger partial charge in [0.25, 0.3) is 0 Å². The molecule has 0 aliphatic carbocycles. The first kappa shape index (κ1) is 30.2. The summed E-state index contributed by atoms with van der Waals surface area (Å²) in [4.78, 5) is 0.961. The molecule has 1 heteroatoms. The molecule has 0 fully saturated rings. The minimum atomic E-state index is 0.437. The largest absolute Gasteiger partial charge is 0.143 e. The number of allylic oxidation sites excluding steroid dienone is 4. The van der Waals surface area contributed by atoms with Crippen LogP contribution >= 0.6 is 12.6 Å². The Labute approximate surface area is 252 Å². The maximum atomic E-state index is 4.45. The summed E-state index contributed by atoms with van der Waals surface area (Å²) in [6, 6.07) is 34.4. The van der Waals surface area contributed by atoms with E-state index in [1.165, 1.54) is 49.4 Å². The van der Waals surface area contributed by atoms with Gasteiger partial charge in [0.15, 0.2) is 0 Å². The molecular weight excluding hydrogens is 513 g/mol. The van der Waals surface area contributed by atoms with E-state index in [4.69, 9.17) is 0 Å². The highest BCUT2D eigenvalue weighted by Crippen LogP contribution is 2.43. The van der Waals surface area contributed by atoms with Crippen LogP contribution in [0.15, 0.2) is 133 Å². The Morgan fingerprint density at radius 2 is 1.12 bits per heavy atom. The van der Waals surface area contributed by atoms with Gasteiger partial charge in [0.05, 0.1) is 0 Å². The highest BCUT2D eigenvalue weighted by atomic mass is 32.1. The highest BCUT2D eigenvalue weighted by molar-refractivity contribution is 7.80. The van der Waals surface area contributed by atoms with E-state index in [2.05, 4.69) is 152 Å². The molecule has 0 radical (unpaired) electrons. The molecule has 0 saturated carbocycles. The predicted octanol–water partition coefficient (Wildman–Crippen LogP) is 12.4. The lowest BCUT2D eigenvalue weighted by molar-refractivity contribution is 0.157. The summed E-state index contributed by atoms with van der Waals surface area (Å²) in [6.07, 6.45) is 5.79. The van der Waals surface area contributed by atoms with E-state index in [1.807, 2.05) is 30.4 Å². The maximum Gasteiger partial charge on any atom is 0.00404 e. The second kappa shape index (κ2) is 12.4. The van der Waals surface area contributed by atoms with Crippen LogP contribution in [0.25, 0.3) is 49.4 Å². The molecule has 0 amide bonds. The van der Waals surface area contributed by atoms with Crippen molar-refractivity contribution in [1.29, 1.82) is 0 Å². The lowest BCUT2D eigenvalue weighted by atomic mass is 9.71. The van der Waals surface area contributed by atoms with Crippen molar-refractivity contribution in [2.45, 2.75) is 46.4 Å². The molecular formula is C40H42S. The molecule has 5 aromatic carbocycles. The summed E-state index contributed by atoms with van der Waals surface area (Å²) in [7, 11) is 0. The second-order valence-corrected chi connectivity index (χ2v) is 13.0. The SMILES string of the molecule is C=C/C=C(\C=C)c1c2ccccc2c(-c2ccccc2)c2cc(-c3ccc(S)cc3)ccc12.CC(C)(C)C(C)(C)C. The first-order chi connectivity index (χ1) is 19.5. The molecule has 0 heterocycles. The van der Waals surface area contributed by atoms with Crippen LogP contribution in [0.4, 0.5) is 0 Å². The quantitative estimate of drug-likeness (QED) is 0.125. The molecule has 5 rings (SSSR count). The Bertz CT molecular complexity index is 1690. The highest BCUT2D eigenvalue weighted by Gasteiger charge is 2.27. The third-order valence-corrected chi connectivity index (χ3v) is 8.64. The zero-order valence-electron chi connectivity index (χ0n) is 25.3. The zero-order valence-corrected chi connectivity index (χ0v) is 26.2. The number of hydrogen-bond acceptors (Lipinski definition) is 1. The van der Waals surface area contributed by atoms with Crippen LogP contribution in [0, 0.1) is 10.8 Å². The van der Waals surface area contributed by atoms with Crippen LogP contribution in [0.3, 0.4) is 0 Å². The molecule has 0 aliphatic rings. The van der Waals surface area contributed by atoms with E-state index in [-0.39, 0.29) is 0 Å². The van der Waals surface area contributed by atoms with Crippen LogP contribution < -0.4 is 0 Å². The minimum absolute atomic E-state index is 0.437. The van der Waals surface area contributed by atoms with Crippen molar-refractivity contribution in [3.8, 4) is 22.3 Å². The number of fused-ring (bicyclic) bond motifs is 2. The fourth-order valence-corrected chi connectivity index (χ4v) is 4.77. The molecule has 0 saturated heterocycles. The van der Waals surface area contributed by atoms with Gasteiger partial charge < -0.3 is 0 Å². The summed E-state index contributed by atoms with van der Waals surface area (Å²) < 4.78 is 0. The van der Waals surface area contributed by atoms with Gasteiger partial charge in [-0.25, -0.2) is 0 Å². The molecule has 0 spiro atoms. The van der Waals surface area contributed by atoms with Gasteiger partial charge in [-0.1, -0.05) is 152 Å². The van der Waals surface area contributed by atoms with E-state index >= 15 is 0 Å². The second-order valence-electron chi connectivity index (χ2n) is 12.5. The Hall–Kier alpha value is -3.81. The normalized spacial score (nSPS) is 12.1. The molecule has 0 atom stereocenters. The zero-order chi connectivity index (χ0) is 29.8. The van der Waals surface area contributed by atoms with E-state index in [9.17, 15) is 0 Å². The van der Waals surface area contributed by atoms with Crippen LogP contribution in [-0.2, 0) is 0 Å². The van der Waals surface area contributed by atoms with Crippen LogP contribution in [0.5, 0.6) is 0 Å². The average molecular weight is 555 g/mol. The molecule has 208 valence electrons. The monoisotopic (exact) mass is 554 g/mol. The Morgan fingerprint density at radius 3 is 1.68 bits per heavy atom. The Kier molecular flexibility index (Phi) is 9.10. The van der Waals surface area contributed by atoms with Crippen molar-refractivity contribution in [3.63, 3.8) is 0 Å². The molecule has 0 N–H and O–H groups in total. The van der Waals surface area contributed by atoms with Crippen molar-refractivity contribution in [1.82, 2.24) is 0 Å². The summed E-state index contributed by atoms with van der Waals surface area (Å²) in [5.74, 6) is 0. The number of benzene rings is 5. The predicted molar refractivity (Wildman–Crippen MR) is 187 cm³/mol. The van der Waals surface area contributed by atoms with Crippen LogP contribution in [0.1, 0.15) is 47.1 Å². The van der Waals surface area contributed by atoms with E-state index in [0.29, 0.717) is 10.8 Å². The van der Waals surface area contributed by atoms with Gasteiger partial charge in [0.2, 0.25) is 0 Å². The van der Waals surface area contributed by atoms with Gasteiger partial charge in [-0.3, -0.25) is 0 Å². The first-order valence-electron chi connectivity index (χ1n) is 14.2. The summed E-state index contributed by atoms with van der Waals surface area (Å²) in [5.41, 5.74) is 7.95. The van der Waals surface area contributed by atoms with Gasteiger partial charge in [0.1, 0.15) is 0 Å². The molecule has 41 heavy (non-hydrogen) atoms. The molecule has 0 bridgehead atoms. The summed E-state index contributed by atoms with van der Waals surface area (Å²) >= 11 is 4.45. The van der Waals surface area contributed by atoms with E-state index in [1.54, 1.807) is 0 Å². The Morgan fingerprint density at radius 1 is 0.585 bits per heavy atom. The van der Waals surface area contributed by atoms with Gasteiger partial charge in [-0.15, -0.1) is 12.6 Å². The Balaban J connectivity index is 0.000000426. The van der Waals surface area contributed by atoms with Gasteiger partial charge in [-0.2, -0.15) is 0 Å². The maximum absolute atomic E-state index is 4.45. The lowest BCUT2D eigenvalue weighted by Crippen LogP contribution is -2.25. The lowest BCUT2D eigenvalue weighted by Gasteiger charge is -2.34. The summed E-state index contributed by atoms with van der Waals surface area (Å²) in [6.45, 7) is 21.7. The standard InChI is InChI=1S/C32H24S.C8H18/c1-3-10-22(4-2)31-27-13-8-9-14-28(27)32(24-11-6-5-7-12-24)30-21-25(17-20-29(30)31)23-15-18-26(33)19-16-23;1-7(2,3)8(4,5)6/h3-21,33H,1-2H2;1-6H3/b22-10+;. The van der Waals surface area contributed by atoms with Crippen molar-refractivity contribution >= 4 is 39.7 Å². The number of rotatable bonds is 5. The third kappa shape index (κ3) is 6.58. The fraction of sp³-hybridized carbons (Fsp3) is 0.200. The topological polar surface area (TPSA) is 0 Å². The van der Waals surface area contributed by atoms with Crippen LogP contribution in [0.2, 0.25) is 0 Å². The smallest absolute Gasteiger partial charge is 0.00404 e. The van der Waals surface area contributed by atoms with Crippen molar-refractivity contribution < 1.29 is 0 Å². The van der Waals surface area contributed by atoms with Gasteiger partial charge >= 0.3 is 0 Å². The fourth-order valence-electron chi connectivity index (χ4n) is 4.62. The van der Waals surface area contributed by atoms with Gasteiger partial charge in [-0.05, 0) is 84.0 Å². The van der Waals surface area contributed by atoms with Crippen molar-refractivity contribution in [2.24, 2.45) is 10.8 Å². The first-order valence-corrected chi connectivity index (χ1v) is 14.7. The van der Waals surface area contributed by atoms with Crippen molar-refractivity contribution in [3.05, 3.63) is 134 Å². The van der Waals surface area contributed by atoms with Crippen LogP contribution in [-0.4, -0.2) is 0 Å². The molecule has 0 nitrogen and oxygen atoms in total. The number of hydrogen-bond donors (Lipinski definition) is 1. The average Bonchev–Trinajstić information content (AvgIpc) is 2.95. The molecule has 0 aliphatic heterocycles. The third-order valence-electron chi connectivity index (χ3n) is 8.34.